The average molecular weight is 305 g/mol. The van der Waals surface area contributed by atoms with Crippen LogP contribution in [0.25, 0.3) is 0 Å². The van der Waals surface area contributed by atoms with Gasteiger partial charge in [0, 0.05) is 0 Å². The van der Waals surface area contributed by atoms with Gasteiger partial charge in [-0.15, -0.1) is 0 Å². The van der Waals surface area contributed by atoms with Crippen LogP contribution in [0.15, 0.2) is 18.2 Å². The number of aromatic amines is 1. The summed E-state index contributed by atoms with van der Waals surface area (Å²) in [7, 11) is 0. The Morgan fingerprint density at radius 1 is 1.22 bits per heavy atom. The zero-order valence-electron chi connectivity index (χ0n) is 12.3. The fraction of sp³-hybridized carbons (Fsp3) is 0.188. The van der Waals surface area contributed by atoms with Gasteiger partial charge in [0.1, 0.15) is 12.1 Å². The van der Waals surface area contributed by atoms with Crippen molar-refractivity contribution < 1.29 is 9.59 Å². The summed E-state index contributed by atoms with van der Waals surface area (Å²) in [6.07, 6.45) is 1.52. The van der Waals surface area contributed by atoms with Crippen molar-refractivity contribution in [1.29, 1.82) is 10.5 Å². The van der Waals surface area contributed by atoms with Crippen LogP contribution in [0.1, 0.15) is 51.0 Å². The number of aromatic nitrogens is 2. The van der Waals surface area contributed by atoms with Gasteiger partial charge in [-0.3, -0.25) is 9.59 Å². The van der Waals surface area contributed by atoms with Gasteiger partial charge >= 0.3 is 0 Å². The molecule has 0 fully saturated rings. The number of nitrogens with one attached hydrogen (secondary N) is 1. The lowest BCUT2D eigenvalue weighted by atomic mass is 9.99. The molecule has 3 rings (SSSR count). The highest BCUT2D eigenvalue weighted by molar-refractivity contribution is 6.34. The number of H-pyrrole nitrogens is 1. The van der Waals surface area contributed by atoms with E-state index in [2.05, 4.69) is 9.97 Å². The minimum absolute atomic E-state index is 0.0761. The molecule has 1 N–H and O–H groups in total. The molecular formula is C16H11N5O2. The van der Waals surface area contributed by atoms with Crippen molar-refractivity contribution in [2.45, 2.75) is 19.8 Å². The zero-order valence-corrected chi connectivity index (χ0v) is 12.3. The Balaban J connectivity index is 2.11. The molecule has 1 aliphatic heterocycles. The lowest BCUT2D eigenvalue weighted by molar-refractivity contribution is 0.0924. The molecule has 0 aliphatic carbocycles. The number of fused-ring (bicyclic) bond motifs is 1. The minimum Gasteiger partial charge on any atom is -0.314 e. The Morgan fingerprint density at radius 3 is 2.61 bits per heavy atom. The third-order valence-electron chi connectivity index (χ3n) is 3.64. The molecule has 0 saturated heterocycles. The molecule has 0 bridgehead atoms. The molecule has 2 aromatic rings. The number of imide groups is 1. The van der Waals surface area contributed by atoms with E-state index in [-0.39, 0.29) is 17.3 Å². The fourth-order valence-electron chi connectivity index (χ4n) is 2.65. The predicted octanol–water partition coefficient (Wildman–Crippen LogP) is 1.91. The SMILES string of the molecule is CCCc1cccc2c1C(=O)N(c1nc(C#N)c(C#N)[nH]1)C2=O. The lowest BCUT2D eigenvalue weighted by Crippen LogP contribution is -2.30. The number of aryl methyl sites for hydroxylation is 1. The monoisotopic (exact) mass is 305 g/mol. The summed E-state index contributed by atoms with van der Waals surface area (Å²) in [5.41, 5.74) is 1.27. The number of hydrogen-bond acceptors (Lipinski definition) is 5. The topological polar surface area (TPSA) is 114 Å². The third-order valence-corrected chi connectivity index (χ3v) is 3.64. The van der Waals surface area contributed by atoms with Crippen molar-refractivity contribution in [3.05, 3.63) is 46.3 Å². The summed E-state index contributed by atoms with van der Waals surface area (Å²) in [6.45, 7) is 1.99. The fourth-order valence-corrected chi connectivity index (χ4v) is 2.65. The predicted molar refractivity (Wildman–Crippen MR) is 79.6 cm³/mol. The number of carbonyl (C=O) groups excluding carboxylic acids is 2. The van der Waals surface area contributed by atoms with Gasteiger partial charge in [0.15, 0.2) is 11.4 Å². The molecule has 0 unspecified atom stereocenters. The van der Waals surface area contributed by atoms with E-state index in [4.69, 9.17) is 10.5 Å². The smallest absolute Gasteiger partial charge is 0.268 e. The zero-order chi connectivity index (χ0) is 16.6. The molecule has 23 heavy (non-hydrogen) atoms. The number of amides is 2. The highest BCUT2D eigenvalue weighted by atomic mass is 16.2. The van der Waals surface area contributed by atoms with Gasteiger partial charge in [0.05, 0.1) is 11.1 Å². The van der Waals surface area contributed by atoms with Crippen molar-refractivity contribution in [3.63, 3.8) is 0 Å². The number of nitrogens with zero attached hydrogens (tertiary/aromatic N) is 4. The van der Waals surface area contributed by atoms with E-state index < -0.39 is 11.8 Å². The summed E-state index contributed by atoms with van der Waals surface area (Å²) in [6, 6.07) is 8.69. The first-order valence-electron chi connectivity index (χ1n) is 7.03. The largest absolute Gasteiger partial charge is 0.314 e. The third kappa shape index (κ3) is 2.07. The average Bonchev–Trinajstić information content (AvgIpc) is 3.07. The van der Waals surface area contributed by atoms with E-state index >= 15 is 0 Å². The van der Waals surface area contributed by atoms with Gasteiger partial charge in [-0.1, -0.05) is 25.5 Å². The van der Waals surface area contributed by atoms with E-state index in [0.29, 0.717) is 17.5 Å². The highest BCUT2D eigenvalue weighted by Crippen LogP contribution is 2.30. The summed E-state index contributed by atoms with van der Waals surface area (Å²) < 4.78 is 0. The molecule has 0 spiro atoms. The first-order chi connectivity index (χ1) is 11.1. The van der Waals surface area contributed by atoms with Gasteiger partial charge in [0.2, 0.25) is 5.95 Å². The summed E-state index contributed by atoms with van der Waals surface area (Å²) in [4.78, 5) is 32.5. The normalized spacial score (nSPS) is 12.9. The van der Waals surface area contributed by atoms with Crippen molar-refractivity contribution in [1.82, 2.24) is 9.97 Å². The van der Waals surface area contributed by atoms with Crippen LogP contribution < -0.4 is 4.90 Å². The molecule has 7 nitrogen and oxygen atoms in total. The van der Waals surface area contributed by atoms with Gasteiger partial charge in [0.25, 0.3) is 11.8 Å². The number of benzene rings is 1. The molecule has 2 heterocycles. The van der Waals surface area contributed by atoms with Crippen molar-refractivity contribution in [3.8, 4) is 12.1 Å². The van der Waals surface area contributed by atoms with Crippen LogP contribution in [0.4, 0.5) is 5.95 Å². The Bertz CT molecular complexity index is 882. The van der Waals surface area contributed by atoms with Gasteiger partial charge in [-0.2, -0.15) is 15.5 Å². The second kappa shape index (κ2) is 5.39. The van der Waals surface area contributed by atoms with E-state index in [1.165, 1.54) is 0 Å². The number of hydrogen-bond donors (Lipinski definition) is 1. The van der Waals surface area contributed by atoms with Gasteiger partial charge in [-0.25, -0.2) is 4.90 Å². The first-order valence-corrected chi connectivity index (χ1v) is 7.03. The Labute approximate surface area is 131 Å². The Hall–Kier alpha value is -3.45. The Morgan fingerprint density at radius 2 is 2.00 bits per heavy atom. The summed E-state index contributed by atoms with van der Waals surface area (Å²) in [5.74, 6) is -1.10. The number of imidazole rings is 1. The number of carbonyl (C=O) groups is 2. The van der Waals surface area contributed by atoms with Crippen LogP contribution in [0.5, 0.6) is 0 Å². The molecule has 0 atom stereocenters. The maximum Gasteiger partial charge on any atom is 0.268 e. The van der Waals surface area contributed by atoms with Crippen molar-refractivity contribution in [2.24, 2.45) is 0 Å². The summed E-state index contributed by atoms with van der Waals surface area (Å²) in [5, 5.41) is 17.9. The van der Waals surface area contributed by atoms with Crippen molar-refractivity contribution >= 4 is 17.8 Å². The molecule has 1 aromatic heterocycles. The number of nitriles is 2. The molecule has 2 amide bonds. The molecule has 7 heteroatoms. The molecular weight excluding hydrogens is 294 g/mol. The second-order valence-electron chi connectivity index (χ2n) is 5.04. The number of anilines is 1. The van der Waals surface area contributed by atoms with Crippen LogP contribution >= 0.6 is 0 Å². The van der Waals surface area contributed by atoms with E-state index in [1.54, 1.807) is 24.3 Å². The molecule has 0 saturated carbocycles. The summed E-state index contributed by atoms with van der Waals surface area (Å²) >= 11 is 0. The van der Waals surface area contributed by atoms with Crippen molar-refractivity contribution in [2.75, 3.05) is 4.90 Å². The number of rotatable bonds is 3. The maximum atomic E-state index is 12.7. The molecule has 1 aromatic carbocycles. The van der Waals surface area contributed by atoms with E-state index in [0.717, 1.165) is 16.9 Å². The highest BCUT2D eigenvalue weighted by Gasteiger charge is 2.40. The van der Waals surface area contributed by atoms with E-state index in [9.17, 15) is 9.59 Å². The molecule has 112 valence electrons. The molecule has 0 radical (unpaired) electrons. The maximum absolute atomic E-state index is 12.7. The lowest BCUT2D eigenvalue weighted by Gasteiger charge is -2.09. The first kappa shape index (κ1) is 14.5. The van der Waals surface area contributed by atoms with Crippen LogP contribution in [0, 0.1) is 22.7 Å². The quantitative estimate of drug-likeness (QED) is 0.870. The second-order valence-corrected chi connectivity index (χ2v) is 5.04. The van der Waals surface area contributed by atoms with Crippen LogP contribution in [-0.2, 0) is 6.42 Å². The van der Waals surface area contributed by atoms with Crippen LogP contribution in [0.2, 0.25) is 0 Å². The van der Waals surface area contributed by atoms with Crippen LogP contribution in [0.3, 0.4) is 0 Å². The Kier molecular flexibility index (Phi) is 3.40. The minimum atomic E-state index is -0.509. The van der Waals surface area contributed by atoms with E-state index in [1.807, 2.05) is 13.0 Å². The standard InChI is InChI=1S/C16H11N5O2/c1-2-4-9-5-3-6-10-13(9)15(23)21(14(10)22)16-19-11(7-17)12(8-18)20-16/h3,5-6H,2,4H2,1H3,(H,19,20). The van der Waals surface area contributed by atoms with Gasteiger partial charge in [-0.05, 0) is 18.1 Å². The van der Waals surface area contributed by atoms with Gasteiger partial charge < -0.3 is 4.98 Å². The molecule has 1 aliphatic rings. The van der Waals surface area contributed by atoms with Crippen LogP contribution in [-0.4, -0.2) is 21.8 Å².